The molecule has 10 nitrogen and oxygen atoms in total. The normalized spacial score (nSPS) is 12.4. The molecule has 5 rings (SSSR count). The summed E-state index contributed by atoms with van der Waals surface area (Å²) in [6, 6.07) is 10.3. The third-order valence-corrected chi connectivity index (χ3v) is 6.76. The van der Waals surface area contributed by atoms with Gasteiger partial charge in [0.15, 0.2) is 27.8 Å². The van der Waals surface area contributed by atoms with Crippen molar-refractivity contribution in [2.75, 3.05) is 6.79 Å². The largest absolute Gasteiger partial charge is 0.454 e. The quantitative estimate of drug-likeness (QED) is 0.293. The third-order valence-electron chi connectivity index (χ3n) is 4.89. The molecule has 0 bridgehead atoms. The van der Waals surface area contributed by atoms with E-state index in [0.717, 1.165) is 14.9 Å². The lowest BCUT2D eigenvalue weighted by atomic mass is 10.1. The number of fused-ring (bicyclic) bond motifs is 2. The van der Waals surface area contributed by atoms with Gasteiger partial charge in [-0.2, -0.15) is 0 Å². The Labute approximate surface area is 193 Å². The fraction of sp³-hybridized carbons (Fsp3) is 0.150. The highest BCUT2D eigenvalue weighted by molar-refractivity contribution is 9.10. The average Bonchev–Trinajstić information content (AvgIpc) is 3.41. The number of hydrogen-bond acceptors (Lipinski definition) is 8. The first kappa shape index (κ1) is 20.5. The maximum atomic E-state index is 11.0. The summed E-state index contributed by atoms with van der Waals surface area (Å²) in [6.07, 6.45) is 2.12. The minimum atomic E-state index is -0.406. The summed E-state index contributed by atoms with van der Waals surface area (Å²) < 4.78 is 13.5. The maximum Gasteiger partial charge on any atom is 0.269 e. The van der Waals surface area contributed by atoms with Crippen molar-refractivity contribution in [3.8, 4) is 11.5 Å². The molecule has 0 amide bonds. The van der Waals surface area contributed by atoms with E-state index >= 15 is 0 Å². The van der Waals surface area contributed by atoms with E-state index < -0.39 is 4.92 Å². The predicted molar refractivity (Wildman–Crippen MR) is 119 cm³/mol. The van der Waals surface area contributed by atoms with Gasteiger partial charge in [-0.25, -0.2) is 9.97 Å². The van der Waals surface area contributed by atoms with Gasteiger partial charge in [0, 0.05) is 28.0 Å². The highest BCUT2D eigenvalue weighted by Gasteiger charge is 2.18. The minimum Gasteiger partial charge on any atom is -0.454 e. The molecule has 2 aromatic heterocycles. The monoisotopic (exact) mass is 514 g/mol. The SMILES string of the molecule is N=c1ncn(CCc2cccc([N+](=O)[O-])c2)c2nc(Sc3cc4c(cc3Br)OCO4)[nH]c12. The second-order valence-electron chi connectivity index (χ2n) is 6.94. The van der Waals surface area contributed by atoms with Crippen LogP contribution in [0, 0.1) is 15.5 Å². The first-order valence-electron chi connectivity index (χ1n) is 9.48. The average molecular weight is 515 g/mol. The molecule has 0 saturated heterocycles. The van der Waals surface area contributed by atoms with Crippen LogP contribution < -0.4 is 15.0 Å². The van der Waals surface area contributed by atoms with Crippen LogP contribution in [0.1, 0.15) is 5.56 Å². The first-order valence-corrected chi connectivity index (χ1v) is 11.1. The van der Waals surface area contributed by atoms with Gasteiger partial charge in [-0.05, 0) is 40.0 Å². The number of halogens is 1. The Balaban J connectivity index is 1.42. The molecule has 1 aliphatic rings. The van der Waals surface area contributed by atoms with Crippen LogP contribution >= 0.6 is 27.7 Å². The van der Waals surface area contributed by atoms with Gasteiger partial charge in [0.25, 0.3) is 5.69 Å². The van der Waals surface area contributed by atoms with Crippen molar-refractivity contribution >= 4 is 44.5 Å². The van der Waals surface area contributed by atoms with Gasteiger partial charge in [-0.1, -0.05) is 23.9 Å². The second-order valence-corrected chi connectivity index (χ2v) is 8.83. The van der Waals surface area contributed by atoms with E-state index in [1.54, 1.807) is 18.5 Å². The molecule has 0 radical (unpaired) electrons. The van der Waals surface area contributed by atoms with Crippen molar-refractivity contribution in [3.63, 3.8) is 0 Å². The zero-order valence-corrected chi connectivity index (χ0v) is 18.8. The molecule has 3 heterocycles. The van der Waals surface area contributed by atoms with Crippen molar-refractivity contribution in [2.45, 2.75) is 23.0 Å². The van der Waals surface area contributed by atoms with E-state index in [1.165, 1.54) is 17.8 Å². The molecule has 0 saturated carbocycles. The van der Waals surface area contributed by atoms with Crippen LogP contribution in [0.15, 0.2) is 57.3 Å². The fourth-order valence-electron chi connectivity index (χ4n) is 3.33. The highest BCUT2D eigenvalue weighted by Crippen LogP contribution is 2.42. The molecular weight excluding hydrogens is 500 g/mol. The Morgan fingerprint density at radius 1 is 1.28 bits per heavy atom. The first-order chi connectivity index (χ1) is 15.5. The summed E-state index contributed by atoms with van der Waals surface area (Å²) in [6.45, 7) is 0.701. The van der Waals surface area contributed by atoms with Gasteiger partial charge in [0.2, 0.25) is 6.79 Å². The molecule has 2 aromatic carbocycles. The summed E-state index contributed by atoms with van der Waals surface area (Å²) in [5.74, 6) is 1.35. The molecule has 1 aliphatic heterocycles. The molecule has 0 fully saturated rings. The Bertz CT molecular complexity index is 1420. The van der Waals surface area contributed by atoms with Crippen molar-refractivity contribution in [1.82, 2.24) is 19.5 Å². The zero-order chi connectivity index (χ0) is 22.2. The molecule has 162 valence electrons. The number of aryl methyl sites for hydroxylation is 2. The number of ether oxygens (including phenoxy) is 2. The number of nitro groups is 1. The number of aromatic nitrogens is 4. The summed E-state index contributed by atoms with van der Waals surface area (Å²) >= 11 is 4.94. The smallest absolute Gasteiger partial charge is 0.269 e. The summed E-state index contributed by atoms with van der Waals surface area (Å²) in [5, 5.41) is 19.8. The molecule has 0 atom stereocenters. The Morgan fingerprint density at radius 2 is 2.09 bits per heavy atom. The molecule has 32 heavy (non-hydrogen) atoms. The number of rotatable bonds is 6. The second kappa shape index (κ2) is 8.28. The number of H-pyrrole nitrogens is 1. The standard InChI is InChI=1S/C20H15BrN6O4S/c21-13-7-14-15(31-10-30-14)8-16(13)32-20-24-17-18(22)23-9-26(19(17)25-20)5-4-11-2-1-3-12(6-11)27(28)29/h1-3,6-9,22H,4-5,10H2,(H,24,25). The lowest BCUT2D eigenvalue weighted by Crippen LogP contribution is -2.13. The lowest BCUT2D eigenvalue weighted by molar-refractivity contribution is -0.384. The van der Waals surface area contributed by atoms with Crippen LogP contribution in [-0.4, -0.2) is 31.2 Å². The van der Waals surface area contributed by atoms with E-state index in [4.69, 9.17) is 14.9 Å². The molecule has 4 aromatic rings. The number of benzene rings is 2. The number of nitrogens with zero attached hydrogens (tertiary/aromatic N) is 4. The predicted octanol–water partition coefficient (Wildman–Crippen LogP) is 4.03. The molecule has 2 N–H and O–H groups in total. The minimum absolute atomic E-state index is 0.0602. The Hall–Kier alpha value is -3.38. The topological polar surface area (TPSA) is 132 Å². The molecule has 0 unspecified atom stereocenters. The zero-order valence-electron chi connectivity index (χ0n) is 16.4. The van der Waals surface area contributed by atoms with Crippen molar-refractivity contribution < 1.29 is 14.4 Å². The van der Waals surface area contributed by atoms with Crippen molar-refractivity contribution in [3.05, 3.63) is 68.4 Å². The van der Waals surface area contributed by atoms with E-state index in [1.807, 2.05) is 22.8 Å². The van der Waals surface area contributed by atoms with Crippen LogP contribution in [-0.2, 0) is 13.0 Å². The van der Waals surface area contributed by atoms with Crippen LogP contribution in [0.4, 0.5) is 5.69 Å². The van der Waals surface area contributed by atoms with Crippen molar-refractivity contribution in [1.29, 1.82) is 5.41 Å². The number of non-ortho nitro benzene ring substituents is 1. The van der Waals surface area contributed by atoms with E-state index in [0.29, 0.717) is 40.8 Å². The number of nitrogens with one attached hydrogen (secondary N) is 2. The van der Waals surface area contributed by atoms with E-state index in [9.17, 15) is 10.1 Å². The number of nitro benzene ring substituents is 1. The van der Waals surface area contributed by atoms with Gasteiger partial charge in [0.1, 0.15) is 5.52 Å². The van der Waals surface area contributed by atoms with Crippen LogP contribution in [0.5, 0.6) is 11.5 Å². The maximum absolute atomic E-state index is 11.0. The summed E-state index contributed by atoms with van der Waals surface area (Å²) in [4.78, 5) is 23.5. The van der Waals surface area contributed by atoms with Gasteiger partial charge in [-0.3, -0.25) is 15.5 Å². The summed E-state index contributed by atoms with van der Waals surface area (Å²) in [5.41, 5.74) is 2.10. The Morgan fingerprint density at radius 3 is 2.91 bits per heavy atom. The van der Waals surface area contributed by atoms with Gasteiger partial charge < -0.3 is 19.0 Å². The number of imidazole rings is 1. The molecule has 0 spiro atoms. The van der Waals surface area contributed by atoms with Crippen LogP contribution in [0.25, 0.3) is 11.2 Å². The summed E-state index contributed by atoms with van der Waals surface area (Å²) in [7, 11) is 0. The molecular formula is C20H15BrN6O4S. The van der Waals surface area contributed by atoms with E-state index in [2.05, 4.69) is 30.9 Å². The number of hydrogen-bond donors (Lipinski definition) is 2. The highest BCUT2D eigenvalue weighted by atomic mass is 79.9. The van der Waals surface area contributed by atoms with Gasteiger partial charge in [-0.15, -0.1) is 0 Å². The van der Waals surface area contributed by atoms with Gasteiger partial charge >= 0.3 is 0 Å². The van der Waals surface area contributed by atoms with Gasteiger partial charge in [0.05, 0.1) is 11.3 Å². The van der Waals surface area contributed by atoms with Crippen molar-refractivity contribution in [2.24, 2.45) is 0 Å². The third kappa shape index (κ3) is 3.94. The lowest BCUT2D eigenvalue weighted by Gasteiger charge is -2.07. The Kier molecular flexibility index (Phi) is 5.31. The van der Waals surface area contributed by atoms with Crippen LogP contribution in [0.3, 0.4) is 0 Å². The molecule has 12 heteroatoms. The van der Waals surface area contributed by atoms with Crippen LogP contribution in [0.2, 0.25) is 0 Å². The van der Waals surface area contributed by atoms with E-state index in [-0.39, 0.29) is 18.0 Å². The number of aromatic amines is 1. The fourth-order valence-corrected chi connectivity index (χ4v) is 4.71. The molecule has 0 aliphatic carbocycles.